The lowest BCUT2D eigenvalue weighted by Gasteiger charge is -2.37. The quantitative estimate of drug-likeness (QED) is 0.801. The molecule has 3 nitrogen and oxygen atoms in total. The van der Waals surface area contributed by atoms with Gasteiger partial charge in [0.15, 0.2) is 0 Å². The van der Waals surface area contributed by atoms with E-state index in [0.717, 1.165) is 48.9 Å². The molecule has 1 fully saturated rings. The second kappa shape index (κ2) is 6.34. The zero-order valence-electron chi connectivity index (χ0n) is 14.9. The van der Waals surface area contributed by atoms with Gasteiger partial charge in [0.1, 0.15) is 16.8 Å². The van der Waals surface area contributed by atoms with E-state index in [0.29, 0.717) is 0 Å². The fourth-order valence-corrected chi connectivity index (χ4v) is 4.55. The van der Waals surface area contributed by atoms with E-state index in [1.54, 1.807) is 13.2 Å². The first-order valence-electron chi connectivity index (χ1n) is 8.58. The van der Waals surface area contributed by atoms with Crippen LogP contribution in [0.15, 0.2) is 22.6 Å². The van der Waals surface area contributed by atoms with Crippen molar-refractivity contribution in [3.8, 4) is 0 Å². The fraction of sp³-hybridized carbons (Fsp3) is 0.632. The van der Waals surface area contributed by atoms with Crippen LogP contribution >= 0.6 is 0 Å². The van der Waals surface area contributed by atoms with Gasteiger partial charge in [-0.25, -0.2) is 8.60 Å². The minimum Gasteiger partial charge on any atom is -0.381 e. The molecule has 2 aliphatic rings. The summed E-state index contributed by atoms with van der Waals surface area (Å²) in [6.07, 6.45) is 4.97. The molecule has 0 saturated heterocycles. The standard InChI is InChI=1S/C19H26FNO2S/c1-18(2,3)24(22)21-17-16-11-14(20)6-5-13(16)12-19(17)9-7-15(23-4)8-10-19/h5-6,11,15H,7-10,12H2,1-4H3/b21-17+. The van der Waals surface area contributed by atoms with Crippen LogP contribution in [0.4, 0.5) is 4.39 Å². The first-order valence-corrected chi connectivity index (χ1v) is 9.69. The minimum atomic E-state index is -1.35. The van der Waals surface area contributed by atoms with E-state index in [-0.39, 0.29) is 17.3 Å². The van der Waals surface area contributed by atoms with Gasteiger partial charge in [-0.3, -0.25) is 0 Å². The molecule has 0 radical (unpaired) electrons. The van der Waals surface area contributed by atoms with Gasteiger partial charge >= 0.3 is 0 Å². The number of nitrogens with zero attached hydrogens (tertiary/aromatic N) is 1. The van der Waals surface area contributed by atoms with Crippen molar-refractivity contribution in [3.05, 3.63) is 35.1 Å². The number of halogens is 1. The van der Waals surface area contributed by atoms with E-state index in [1.165, 1.54) is 6.07 Å². The summed E-state index contributed by atoms with van der Waals surface area (Å²) in [7, 11) is 0.410. The molecule has 0 bridgehead atoms. The summed E-state index contributed by atoms with van der Waals surface area (Å²) in [5.74, 6) is -0.259. The topological polar surface area (TPSA) is 38.7 Å². The summed E-state index contributed by atoms with van der Waals surface area (Å²) >= 11 is 0. The average molecular weight is 351 g/mol. The first-order chi connectivity index (χ1) is 11.2. The van der Waals surface area contributed by atoms with Crippen molar-refractivity contribution < 1.29 is 13.3 Å². The summed E-state index contributed by atoms with van der Waals surface area (Å²) in [5.41, 5.74) is 2.70. The van der Waals surface area contributed by atoms with Crippen LogP contribution in [0.1, 0.15) is 57.6 Å². The lowest BCUT2D eigenvalue weighted by Crippen LogP contribution is -2.36. The van der Waals surface area contributed by atoms with Crippen LogP contribution in [-0.2, 0) is 22.1 Å². The monoisotopic (exact) mass is 351 g/mol. The summed E-state index contributed by atoms with van der Waals surface area (Å²) in [6, 6.07) is 4.93. The van der Waals surface area contributed by atoms with Gasteiger partial charge in [0.05, 0.1) is 16.6 Å². The minimum absolute atomic E-state index is 0.119. The van der Waals surface area contributed by atoms with Crippen molar-refractivity contribution in [2.24, 2.45) is 9.81 Å². The maximum atomic E-state index is 13.8. The molecule has 1 spiro atoms. The number of hydrogen-bond donors (Lipinski definition) is 0. The molecule has 1 atom stereocenters. The average Bonchev–Trinajstić information content (AvgIpc) is 2.81. The molecule has 2 aliphatic carbocycles. The maximum absolute atomic E-state index is 13.8. The molecule has 0 aromatic heterocycles. The Hall–Kier alpha value is -1.07. The molecular weight excluding hydrogens is 325 g/mol. The van der Waals surface area contributed by atoms with Crippen LogP contribution in [-0.4, -0.2) is 27.9 Å². The molecule has 5 heteroatoms. The summed E-state index contributed by atoms with van der Waals surface area (Å²) in [5, 5.41) is 0. The Kier molecular flexibility index (Phi) is 4.69. The highest BCUT2D eigenvalue weighted by molar-refractivity contribution is 7.85. The van der Waals surface area contributed by atoms with Crippen LogP contribution in [0.25, 0.3) is 0 Å². The smallest absolute Gasteiger partial charge is 0.145 e. The van der Waals surface area contributed by atoms with Crippen molar-refractivity contribution in [1.29, 1.82) is 0 Å². The Balaban J connectivity index is 2.04. The zero-order valence-corrected chi connectivity index (χ0v) is 15.7. The van der Waals surface area contributed by atoms with Crippen LogP contribution in [0.5, 0.6) is 0 Å². The first kappa shape index (κ1) is 17.7. The highest BCUT2D eigenvalue weighted by Gasteiger charge is 2.46. The molecule has 0 heterocycles. The van der Waals surface area contributed by atoms with Gasteiger partial charge in [0.25, 0.3) is 0 Å². The third-order valence-corrected chi connectivity index (χ3v) is 6.68. The molecule has 3 rings (SSSR count). The molecule has 1 unspecified atom stereocenters. The Morgan fingerprint density at radius 2 is 1.96 bits per heavy atom. The van der Waals surface area contributed by atoms with Crippen LogP contribution in [0.3, 0.4) is 0 Å². The molecule has 1 saturated carbocycles. The maximum Gasteiger partial charge on any atom is 0.145 e. The highest BCUT2D eigenvalue weighted by atomic mass is 32.2. The second-order valence-electron chi connectivity index (χ2n) is 8.00. The van der Waals surface area contributed by atoms with Gasteiger partial charge in [-0.1, -0.05) is 6.07 Å². The van der Waals surface area contributed by atoms with Crippen LogP contribution in [0.2, 0.25) is 0 Å². The third-order valence-electron chi connectivity index (χ3n) is 5.28. The van der Waals surface area contributed by atoms with E-state index >= 15 is 0 Å². The lowest BCUT2D eigenvalue weighted by molar-refractivity contribution is 0.0468. The predicted molar refractivity (Wildman–Crippen MR) is 96.2 cm³/mol. The second-order valence-corrected chi connectivity index (χ2v) is 9.90. The van der Waals surface area contributed by atoms with Gasteiger partial charge in [0.2, 0.25) is 0 Å². The van der Waals surface area contributed by atoms with Crippen molar-refractivity contribution >= 4 is 16.7 Å². The zero-order chi connectivity index (χ0) is 17.5. The molecule has 24 heavy (non-hydrogen) atoms. The molecule has 1 aromatic carbocycles. The normalized spacial score (nSPS) is 29.9. The Morgan fingerprint density at radius 1 is 1.29 bits per heavy atom. The largest absolute Gasteiger partial charge is 0.381 e. The number of hydrogen-bond acceptors (Lipinski definition) is 2. The van der Waals surface area contributed by atoms with E-state index in [9.17, 15) is 8.60 Å². The van der Waals surface area contributed by atoms with Gasteiger partial charge in [-0.05, 0) is 70.6 Å². The number of benzene rings is 1. The Labute approximate surface area is 146 Å². The third kappa shape index (κ3) is 3.21. The van der Waals surface area contributed by atoms with E-state index in [2.05, 4.69) is 4.40 Å². The van der Waals surface area contributed by atoms with Crippen LogP contribution in [0, 0.1) is 11.2 Å². The van der Waals surface area contributed by atoms with Crippen molar-refractivity contribution in [2.45, 2.75) is 63.7 Å². The Bertz CT molecular complexity index is 685. The van der Waals surface area contributed by atoms with Crippen molar-refractivity contribution in [2.75, 3.05) is 7.11 Å². The lowest BCUT2D eigenvalue weighted by atomic mass is 9.70. The van der Waals surface area contributed by atoms with Crippen molar-refractivity contribution in [1.82, 2.24) is 0 Å². The fourth-order valence-electron chi connectivity index (χ4n) is 3.82. The van der Waals surface area contributed by atoms with Crippen molar-refractivity contribution in [3.63, 3.8) is 0 Å². The van der Waals surface area contributed by atoms with Gasteiger partial charge < -0.3 is 4.74 Å². The Morgan fingerprint density at radius 3 is 2.54 bits per heavy atom. The summed E-state index contributed by atoms with van der Waals surface area (Å²) < 4.78 is 36.2. The number of ether oxygens (including phenoxy) is 1. The molecule has 132 valence electrons. The van der Waals surface area contributed by atoms with E-state index in [4.69, 9.17) is 4.74 Å². The number of fused-ring (bicyclic) bond motifs is 1. The predicted octanol–water partition coefficient (Wildman–Crippen LogP) is 4.21. The molecule has 0 aliphatic heterocycles. The summed E-state index contributed by atoms with van der Waals surface area (Å²) in [4.78, 5) is 0. The van der Waals surface area contributed by atoms with Gasteiger partial charge in [-0.15, -0.1) is 0 Å². The van der Waals surface area contributed by atoms with Crippen LogP contribution < -0.4 is 0 Å². The highest BCUT2D eigenvalue weighted by Crippen LogP contribution is 2.48. The van der Waals surface area contributed by atoms with E-state index < -0.39 is 15.7 Å². The van der Waals surface area contributed by atoms with E-state index in [1.807, 2.05) is 26.8 Å². The number of rotatable bonds is 2. The number of methoxy groups -OCH3 is 1. The SMILES string of the molecule is COC1CCC2(CC1)Cc1ccc(F)cc1/C2=N\S(=O)C(C)(C)C. The van der Waals surface area contributed by atoms with Gasteiger partial charge in [-0.2, -0.15) is 4.40 Å². The molecular formula is C19H26FNO2S. The summed E-state index contributed by atoms with van der Waals surface area (Å²) in [6.45, 7) is 5.76. The molecule has 0 N–H and O–H groups in total. The van der Waals surface area contributed by atoms with Gasteiger partial charge in [0, 0.05) is 18.1 Å². The molecule has 1 aromatic rings. The molecule has 0 amide bonds.